The molecule has 11 atom stereocenters. The number of esters is 3. The van der Waals surface area contributed by atoms with Crippen LogP contribution in [0.15, 0.2) is 71.8 Å². The zero-order chi connectivity index (χ0) is 41.0. The Morgan fingerprint density at radius 1 is 0.982 bits per heavy atom. The van der Waals surface area contributed by atoms with Crippen LogP contribution in [0.4, 0.5) is 4.79 Å². The Morgan fingerprint density at radius 3 is 2.18 bits per heavy atom. The predicted molar refractivity (Wildman–Crippen MR) is 194 cm³/mol. The van der Waals surface area contributed by atoms with Crippen LogP contribution in [0.3, 0.4) is 0 Å². The van der Waals surface area contributed by atoms with Crippen LogP contribution < -0.4 is 5.32 Å². The largest absolute Gasteiger partial charge is 0.456 e. The van der Waals surface area contributed by atoms with Gasteiger partial charge in [0.25, 0.3) is 0 Å². The first-order valence-corrected chi connectivity index (χ1v) is 18.6. The minimum absolute atomic E-state index is 0.0107. The summed E-state index contributed by atoms with van der Waals surface area (Å²) in [6.07, 6.45) is -11.4. The number of rotatable bonds is 9. The summed E-state index contributed by atoms with van der Waals surface area (Å²) >= 11 is 0. The van der Waals surface area contributed by atoms with Crippen molar-refractivity contribution in [3.63, 3.8) is 0 Å². The van der Waals surface area contributed by atoms with Crippen LogP contribution in [-0.4, -0.2) is 111 Å². The molecule has 4 aliphatic rings. The number of benzene rings is 2. The van der Waals surface area contributed by atoms with Gasteiger partial charge < -0.3 is 49.4 Å². The van der Waals surface area contributed by atoms with Crippen molar-refractivity contribution in [3.8, 4) is 0 Å². The van der Waals surface area contributed by atoms with Crippen molar-refractivity contribution in [2.75, 3.05) is 13.2 Å². The van der Waals surface area contributed by atoms with E-state index in [-0.39, 0.29) is 36.3 Å². The highest BCUT2D eigenvalue weighted by atomic mass is 16.6. The number of fused-ring (bicyclic) bond motifs is 5. The van der Waals surface area contributed by atoms with E-state index in [1.165, 1.54) is 26.0 Å². The molecule has 3 fully saturated rings. The van der Waals surface area contributed by atoms with Crippen LogP contribution in [0.5, 0.6) is 0 Å². The molecule has 2 aromatic carbocycles. The van der Waals surface area contributed by atoms with Gasteiger partial charge in [-0.3, -0.25) is 9.59 Å². The molecule has 1 saturated heterocycles. The van der Waals surface area contributed by atoms with Gasteiger partial charge in [-0.2, -0.15) is 0 Å². The van der Waals surface area contributed by atoms with Crippen LogP contribution in [0.1, 0.15) is 76.3 Å². The normalized spacial score (nSPS) is 34.1. The second-order valence-corrected chi connectivity index (χ2v) is 15.8. The van der Waals surface area contributed by atoms with E-state index >= 15 is 0 Å². The molecule has 2 saturated carbocycles. The summed E-state index contributed by atoms with van der Waals surface area (Å²) in [6, 6.07) is 14.6. The first-order valence-electron chi connectivity index (χ1n) is 18.6. The summed E-state index contributed by atoms with van der Waals surface area (Å²) in [5.74, 6) is -5.35. The second-order valence-electron chi connectivity index (χ2n) is 15.8. The molecular formula is C41H49NO14. The molecule has 0 aromatic heterocycles. The van der Waals surface area contributed by atoms with Gasteiger partial charge in [-0.15, -0.1) is 0 Å². The minimum Gasteiger partial charge on any atom is -0.456 e. The molecule has 1 aliphatic heterocycles. The fraction of sp³-hybridized carbons (Fsp3) is 0.537. The molecule has 0 spiro atoms. The molecule has 2 aromatic rings. The van der Waals surface area contributed by atoms with E-state index in [1.54, 1.807) is 69.3 Å². The van der Waals surface area contributed by atoms with E-state index in [2.05, 4.69) is 5.32 Å². The Bertz CT molecular complexity index is 1900. The van der Waals surface area contributed by atoms with Crippen LogP contribution in [0, 0.1) is 16.7 Å². The molecule has 15 heteroatoms. The quantitative estimate of drug-likeness (QED) is 0.140. The number of nitrogens with one attached hydrogen (secondary N) is 1. The van der Waals surface area contributed by atoms with E-state index in [1.807, 2.05) is 0 Å². The predicted octanol–water partition coefficient (Wildman–Crippen LogP) is 2.48. The molecule has 56 heavy (non-hydrogen) atoms. The highest BCUT2D eigenvalue weighted by Crippen LogP contribution is 2.64. The average molecular weight is 780 g/mol. The minimum atomic E-state index is -2.35. The molecule has 5 N–H and O–H groups in total. The number of Topliss-reactive ketones (excluding diaryl/α,β-unsaturated/α-hetero) is 1. The molecule has 0 unspecified atom stereocenters. The van der Waals surface area contributed by atoms with Crippen molar-refractivity contribution in [1.29, 1.82) is 0 Å². The van der Waals surface area contributed by atoms with Crippen molar-refractivity contribution in [2.45, 2.75) is 108 Å². The van der Waals surface area contributed by atoms with Gasteiger partial charge in [-0.25, -0.2) is 14.4 Å². The van der Waals surface area contributed by atoms with Gasteiger partial charge in [0.1, 0.15) is 30.0 Å². The summed E-state index contributed by atoms with van der Waals surface area (Å²) in [5, 5.41) is 51.3. The monoisotopic (exact) mass is 779 g/mol. The van der Waals surface area contributed by atoms with E-state index in [0.717, 1.165) is 6.92 Å². The summed E-state index contributed by atoms with van der Waals surface area (Å²) < 4.78 is 29.0. The third kappa shape index (κ3) is 6.48. The molecule has 2 bridgehead atoms. The Hall–Kier alpha value is -4.67. The highest BCUT2D eigenvalue weighted by molar-refractivity contribution is 5.94. The third-order valence-corrected chi connectivity index (χ3v) is 12.4. The third-order valence-electron chi connectivity index (χ3n) is 12.4. The Morgan fingerprint density at radius 2 is 1.61 bits per heavy atom. The zero-order valence-corrected chi connectivity index (χ0v) is 32.1. The molecule has 3 aliphatic carbocycles. The first kappa shape index (κ1) is 41.0. The lowest BCUT2D eigenvalue weighted by Crippen LogP contribution is -2.81. The van der Waals surface area contributed by atoms with Crippen LogP contribution >= 0.6 is 0 Å². The number of ketones is 1. The summed E-state index contributed by atoms with van der Waals surface area (Å²) in [6.45, 7) is 8.44. The first-order chi connectivity index (χ1) is 26.3. The zero-order valence-electron chi connectivity index (χ0n) is 32.1. The van der Waals surface area contributed by atoms with Crippen molar-refractivity contribution in [3.05, 3.63) is 82.9 Å². The number of carbonyl (C=O) groups is 5. The molecule has 1 amide bonds. The van der Waals surface area contributed by atoms with Crippen molar-refractivity contribution in [2.24, 2.45) is 16.7 Å². The lowest BCUT2D eigenvalue weighted by atomic mass is 9.44. The van der Waals surface area contributed by atoms with Gasteiger partial charge in [0.2, 0.25) is 0 Å². The van der Waals surface area contributed by atoms with E-state index < -0.39 is 107 Å². The Balaban J connectivity index is 1.50. The smallest absolute Gasteiger partial charge is 0.407 e. The van der Waals surface area contributed by atoms with Gasteiger partial charge in [-0.05, 0) is 49.6 Å². The Labute approximate surface area is 323 Å². The maximum absolute atomic E-state index is 14.9. The lowest BCUT2D eigenvalue weighted by molar-refractivity contribution is -0.346. The number of aliphatic hydroxyl groups excluding tert-OH is 3. The summed E-state index contributed by atoms with van der Waals surface area (Å²) in [5.41, 5.74) is -7.18. The van der Waals surface area contributed by atoms with Gasteiger partial charge >= 0.3 is 24.0 Å². The number of aliphatic hydroxyl groups is 4. The topological polar surface area (TPSA) is 224 Å². The number of hydrogen-bond acceptors (Lipinski definition) is 14. The fourth-order valence-electron chi connectivity index (χ4n) is 9.42. The van der Waals surface area contributed by atoms with Crippen molar-refractivity contribution in [1.82, 2.24) is 5.32 Å². The SMILES string of the molecule is CCOC(=O)N[C@@H](c1ccccc1)[C@@H](O)C(=O)O[C@H]1C[C@@]2(O)[C@@H](OC(=O)c3ccccc3)[C@@H]3[C@]4(OC(C)=O)CO[C@@H]4C[C@H](O)[C@@]3(C)C(=O)[C@H](O)C(=C1C)C2(C)C. The van der Waals surface area contributed by atoms with Gasteiger partial charge in [-0.1, -0.05) is 62.4 Å². The molecule has 6 rings (SSSR count). The van der Waals surface area contributed by atoms with Crippen LogP contribution in [0.2, 0.25) is 0 Å². The second kappa shape index (κ2) is 15.0. The average Bonchev–Trinajstić information content (AvgIpc) is 3.15. The summed E-state index contributed by atoms with van der Waals surface area (Å²) in [7, 11) is 0. The molecule has 302 valence electrons. The van der Waals surface area contributed by atoms with Crippen molar-refractivity contribution >= 4 is 29.8 Å². The highest BCUT2D eigenvalue weighted by Gasteiger charge is 2.78. The van der Waals surface area contributed by atoms with Gasteiger partial charge in [0.05, 0.1) is 42.3 Å². The van der Waals surface area contributed by atoms with Crippen LogP contribution in [0.25, 0.3) is 0 Å². The summed E-state index contributed by atoms with van der Waals surface area (Å²) in [4.78, 5) is 68.2. The number of hydrogen-bond donors (Lipinski definition) is 5. The van der Waals surface area contributed by atoms with Gasteiger partial charge in [0.15, 0.2) is 17.5 Å². The van der Waals surface area contributed by atoms with Crippen molar-refractivity contribution < 1.29 is 68.1 Å². The number of ether oxygens (including phenoxy) is 5. The van der Waals surface area contributed by atoms with E-state index in [0.29, 0.717) is 5.56 Å². The molecule has 0 radical (unpaired) electrons. The maximum atomic E-state index is 14.9. The molecular weight excluding hydrogens is 730 g/mol. The standard InChI is InChI=1S/C41H49NO14/c1-7-52-37(50)42-29(23-14-10-8-11-15-23)31(46)36(49)54-25-19-41(51)34(55-35(48)24-16-12-9-13-17-24)32-39(6,33(47)30(45)28(21(25)2)38(41,4)5)26(44)18-27-40(32,20-53-27)56-22(3)43/h8-17,25-27,29-32,34,44-46,51H,7,18-20H2,1-6H3,(H,42,50)/t25-,26-,27+,29-,30+,31+,32-,34-,39+,40-,41+/m0/s1. The van der Waals surface area contributed by atoms with Crippen LogP contribution in [-0.2, 0) is 38.1 Å². The number of amides is 1. The molecule has 15 nitrogen and oxygen atoms in total. The lowest BCUT2D eigenvalue weighted by Gasteiger charge is -2.67. The van der Waals surface area contributed by atoms with E-state index in [4.69, 9.17) is 23.7 Å². The fourth-order valence-corrected chi connectivity index (χ4v) is 9.42. The van der Waals surface area contributed by atoms with E-state index in [9.17, 15) is 44.4 Å². The Kier molecular flexibility index (Phi) is 11.0. The maximum Gasteiger partial charge on any atom is 0.407 e. The molecule has 1 heterocycles. The number of alkyl carbamates (subject to hydrolysis) is 1. The van der Waals surface area contributed by atoms with Gasteiger partial charge in [0, 0.05) is 25.2 Å². The number of carbonyl (C=O) groups excluding carboxylic acids is 5.